The molecule has 138 valence electrons. The highest BCUT2D eigenvalue weighted by molar-refractivity contribution is 7.99. The van der Waals surface area contributed by atoms with Gasteiger partial charge >= 0.3 is 0 Å². The lowest BCUT2D eigenvalue weighted by molar-refractivity contribution is -0.123. The maximum atomic E-state index is 12.1. The van der Waals surface area contributed by atoms with E-state index in [0.29, 0.717) is 5.25 Å². The topological polar surface area (TPSA) is 58.2 Å². The lowest BCUT2D eigenvalue weighted by Crippen LogP contribution is -2.33. The maximum absolute atomic E-state index is 12.1. The zero-order valence-corrected chi connectivity index (χ0v) is 16.4. The minimum atomic E-state index is -0.225. The molecule has 2 amide bonds. The van der Waals surface area contributed by atoms with Gasteiger partial charge in [-0.15, -0.1) is 11.8 Å². The number of hydrogen-bond donors (Lipinski definition) is 2. The normalized spacial score (nSPS) is 11.7. The second-order valence-electron chi connectivity index (χ2n) is 6.30. The van der Waals surface area contributed by atoms with Crippen LogP contribution in [-0.4, -0.2) is 23.6 Å². The number of carbonyl (C=O) groups is 2. The van der Waals surface area contributed by atoms with Gasteiger partial charge in [0.2, 0.25) is 11.8 Å². The minimum Gasteiger partial charge on any atom is -0.347 e. The molecule has 1 unspecified atom stereocenters. The van der Waals surface area contributed by atoms with Gasteiger partial charge in [-0.05, 0) is 42.7 Å². The molecule has 5 heteroatoms. The van der Waals surface area contributed by atoms with Crippen LogP contribution >= 0.6 is 11.8 Å². The summed E-state index contributed by atoms with van der Waals surface area (Å²) in [5.74, 6) is -0.389. The molecule has 26 heavy (non-hydrogen) atoms. The molecule has 0 aromatic heterocycles. The first kappa shape index (κ1) is 20.0. The van der Waals surface area contributed by atoms with Crippen LogP contribution in [0, 0.1) is 6.92 Å². The third kappa shape index (κ3) is 6.56. The van der Waals surface area contributed by atoms with E-state index in [1.165, 1.54) is 4.90 Å². The van der Waals surface area contributed by atoms with Crippen LogP contribution in [0.4, 0.5) is 5.69 Å². The highest BCUT2D eigenvalue weighted by Gasteiger charge is 2.09. The Morgan fingerprint density at radius 3 is 2.46 bits per heavy atom. The lowest BCUT2D eigenvalue weighted by Gasteiger charge is -2.13. The molecule has 0 heterocycles. The lowest BCUT2D eigenvalue weighted by atomic mass is 10.1. The fourth-order valence-electron chi connectivity index (χ4n) is 2.38. The summed E-state index contributed by atoms with van der Waals surface area (Å²) >= 11 is 1.83. The molecule has 2 aromatic rings. The summed E-state index contributed by atoms with van der Waals surface area (Å²) in [6, 6.07) is 15.5. The molecular weight excluding hydrogens is 344 g/mol. The second kappa shape index (κ2) is 10.0. The average Bonchev–Trinajstić information content (AvgIpc) is 2.63. The van der Waals surface area contributed by atoms with Crippen molar-refractivity contribution in [1.82, 2.24) is 5.32 Å². The fourth-order valence-corrected chi connectivity index (χ4v) is 3.41. The summed E-state index contributed by atoms with van der Waals surface area (Å²) in [5.41, 5.74) is 2.72. The highest BCUT2D eigenvalue weighted by Crippen LogP contribution is 2.28. The number of carbonyl (C=O) groups excluding carboxylic acids is 2. The largest absolute Gasteiger partial charge is 0.347 e. The standard InChI is InChI=1S/C21H26N2O2S/c1-4-16(3)26-18-10-11-19(15(2)12-18)23-21(25)14-22-20(24)13-17-8-6-5-7-9-17/h5-12,16H,4,13-14H2,1-3H3,(H,22,24)(H,23,25). The van der Waals surface area contributed by atoms with Crippen molar-refractivity contribution in [2.45, 2.75) is 43.8 Å². The molecule has 0 aliphatic carbocycles. The van der Waals surface area contributed by atoms with Crippen molar-refractivity contribution in [3.63, 3.8) is 0 Å². The highest BCUT2D eigenvalue weighted by atomic mass is 32.2. The van der Waals surface area contributed by atoms with E-state index in [0.717, 1.165) is 23.2 Å². The zero-order valence-electron chi connectivity index (χ0n) is 15.5. The number of benzene rings is 2. The van der Waals surface area contributed by atoms with E-state index in [2.05, 4.69) is 30.5 Å². The third-order valence-corrected chi connectivity index (χ3v) is 5.30. The predicted molar refractivity (Wildman–Crippen MR) is 109 cm³/mol. The average molecular weight is 371 g/mol. The van der Waals surface area contributed by atoms with Gasteiger partial charge in [0.05, 0.1) is 13.0 Å². The van der Waals surface area contributed by atoms with Gasteiger partial charge in [0.25, 0.3) is 0 Å². The fraction of sp³-hybridized carbons (Fsp3) is 0.333. The van der Waals surface area contributed by atoms with E-state index in [1.807, 2.05) is 61.2 Å². The molecule has 0 saturated heterocycles. The summed E-state index contributed by atoms with van der Waals surface area (Å²) in [4.78, 5) is 25.2. The summed E-state index contributed by atoms with van der Waals surface area (Å²) in [6.45, 7) is 6.32. The number of amides is 2. The van der Waals surface area contributed by atoms with Crippen molar-refractivity contribution in [1.29, 1.82) is 0 Å². The van der Waals surface area contributed by atoms with E-state index in [4.69, 9.17) is 0 Å². The van der Waals surface area contributed by atoms with E-state index < -0.39 is 0 Å². The van der Waals surface area contributed by atoms with Gasteiger partial charge in [0.15, 0.2) is 0 Å². The predicted octanol–water partition coefficient (Wildman–Crippen LogP) is 4.18. The quantitative estimate of drug-likeness (QED) is 0.685. The molecule has 0 bridgehead atoms. The molecule has 0 fully saturated rings. The van der Waals surface area contributed by atoms with E-state index in [-0.39, 0.29) is 24.8 Å². The van der Waals surface area contributed by atoms with Gasteiger partial charge in [-0.3, -0.25) is 9.59 Å². The van der Waals surface area contributed by atoms with E-state index in [1.54, 1.807) is 0 Å². The van der Waals surface area contributed by atoms with Crippen LogP contribution in [0.15, 0.2) is 53.4 Å². The second-order valence-corrected chi connectivity index (χ2v) is 7.81. The Morgan fingerprint density at radius 2 is 1.81 bits per heavy atom. The third-order valence-electron chi connectivity index (χ3n) is 4.04. The maximum Gasteiger partial charge on any atom is 0.243 e. The summed E-state index contributed by atoms with van der Waals surface area (Å²) < 4.78 is 0. The molecular formula is C21H26N2O2S. The Balaban J connectivity index is 1.82. The monoisotopic (exact) mass is 370 g/mol. The number of anilines is 1. The van der Waals surface area contributed by atoms with Crippen LogP contribution in [0.3, 0.4) is 0 Å². The Labute approximate surface area is 159 Å². The Kier molecular flexibility index (Phi) is 7.73. The van der Waals surface area contributed by atoms with Crippen molar-refractivity contribution in [3.05, 3.63) is 59.7 Å². The minimum absolute atomic E-state index is 0.0333. The van der Waals surface area contributed by atoms with Crippen LogP contribution in [0.1, 0.15) is 31.4 Å². The van der Waals surface area contributed by atoms with Gasteiger partial charge < -0.3 is 10.6 Å². The Bertz CT molecular complexity index is 747. The summed E-state index contributed by atoms with van der Waals surface area (Å²) in [6.07, 6.45) is 1.39. The molecule has 2 N–H and O–H groups in total. The van der Waals surface area contributed by atoms with E-state index >= 15 is 0 Å². The van der Waals surface area contributed by atoms with Crippen LogP contribution in [0.2, 0.25) is 0 Å². The Morgan fingerprint density at radius 1 is 1.08 bits per heavy atom. The summed E-state index contributed by atoms with van der Waals surface area (Å²) in [7, 11) is 0. The first-order valence-electron chi connectivity index (χ1n) is 8.85. The van der Waals surface area contributed by atoms with Crippen LogP contribution in [-0.2, 0) is 16.0 Å². The molecule has 2 rings (SSSR count). The van der Waals surface area contributed by atoms with Crippen LogP contribution in [0.25, 0.3) is 0 Å². The van der Waals surface area contributed by atoms with Crippen LogP contribution in [0.5, 0.6) is 0 Å². The molecule has 0 radical (unpaired) electrons. The first-order chi connectivity index (χ1) is 12.5. The van der Waals surface area contributed by atoms with Crippen molar-refractivity contribution >= 4 is 29.3 Å². The molecule has 0 spiro atoms. The molecule has 0 aliphatic heterocycles. The number of aryl methyl sites for hydroxylation is 1. The van der Waals surface area contributed by atoms with Crippen molar-refractivity contribution in [3.8, 4) is 0 Å². The number of rotatable bonds is 8. The number of thioether (sulfide) groups is 1. The van der Waals surface area contributed by atoms with Gasteiger partial charge in [-0.2, -0.15) is 0 Å². The van der Waals surface area contributed by atoms with Gasteiger partial charge in [-0.25, -0.2) is 0 Å². The van der Waals surface area contributed by atoms with Crippen molar-refractivity contribution in [2.24, 2.45) is 0 Å². The molecule has 2 aromatic carbocycles. The Hall–Kier alpha value is -2.27. The molecule has 4 nitrogen and oxygen atoms in total. The van der Waals surface area contributed by atoms with Crippen molar-refractivity contribution in [2.75, 3.05) is 11.9 Å². The van der Waals surface area contributed by atoms with Crippen LogP contribution < -0.4 is 10.6 Å². The van der Waals surface area contributed by atoms with Gasteiger partial charge in [-0.1, -0.05) is 44.2 Å². The van der Waals surface area contributed by atoms with Crippen molar-refractivity contribution < 1.29 is 9.59 Å². The SMILES string of the molecule is CCC(C)Sc1ccc(NC(=O)CNC(=O)Cc2ccccc2)c(C)c1. The van der Waals surface area contributed by atoms with Gasteiger partial charge in [0, 0.05) is 15.8 Å². The smallest absolute Gasteiger partial charge is 0.243 e. The summed E-state index contributed by atoms with van der Waals surface area (Å²) in [5, 5.41) is 6.09. The van der Waals surface area contributed by atoms with Gasteiger partial charge in [0.1, 0.15) is 0 Å². The zero-order chi connectivity index (χ0) is 18.9. The molecule has 0 aliphatic rings. The molecule has 0 saturated carbocycles. The molecule has 1 atom stereocenters. The number of nitrogens with one attached hydrogen (secondary N) is 2. The first-order valence-corrected chi connectivity index (χ1v) is 9.73. The van der Waals surface area contributed by atoms with E-state index in [9.17, 15) is 9.59 Å². The number of hydrogen-bond acceptors (Lipinski definition) is 3.